The lowest BCUT2D eigenvalue weighted by Crippen LogP contribution is -2.31. The number of fused-ring (bicyclic) bond motifs is 1. The molecule has 3 aromatic carbocycles. The van der Waals surface area contributed by atoms with E-state index in [1.54, 1.807) is 24.3 Å². The molecule has 0 saturated carbocycles. The number of anilines is 1. The minimum Gasteiger partial charge on any atom is -0.398 e. The average molecular weight is 465 g/mol. The van der Waals surface area contributed by atoms with Gasteiger partial charge in [0.25, 0.3) is 20.0 Å². The quantitative estimate of drug-likeness (QED) is 0.572. The molecule has 6 nitrogen and oxygen atoms in total. The van der Waals surface area contributed by atoms with E-state index in [4.69, 9.17) is 17.3 Å². The summed E-state index contributed by atoms with van der Waals surface area (Å²) in [5.41, 5.74) is 3.01. The summed E-state index contributed by atoms with van der Waals surface area (Å²) >= 11 is 5.73. The molecule has 0 aliphatic carbocycles. The van der Waals surface area contributed by atoms with Crippen molar-refractivity contribution in [2.24, 2.45) is 0 Å². The molecule has 0 saturated heterocycles. The molecule has 3 rings (SSSR count). The van der Waals surface area contributed by atoms with E-state index in [1.165, 1.54) is 22.3 Å². The predicted octanol–water partition coefficient (Wildman–Crippen LogP) is 3.76. The largest absolute Gasteiger partial charge is 0.418 e. The number of hydrogen-bond acceptors (Lipinski definition) is 5. The maximum absolute atomic E-state index is 13.0. The minimum absolute atomic E-state index is 0.190. The molecule has 0 atom stereocenters. The maximum atomic E-state index is 13.0. The Kier molecular flexibility index (Phi) is 5.28. The first kappa shape index (κ1) is 21.4. The van der Waals surface area contributed by atoms with Gasteiger partial charge in [0.15, 0.2) is 0 Å². The number of hydrogen-bond donors (Lipinski definition) is 2. The molecule has 154 valence electrons. The molecule has 29 heavy (non-hydrogen) atoms. The van der Waals surface area contributed by atoms with Crippen LogP contribution >= 0.6 is 11.6 Å². The van der Waals surface area contributed by atoms with Crippen LogP contribution in [0.2, 0.25) is 5.02 Å². The van der Waals surface area contributed by atoms with Gasteiger partial charge in [-0.2, -0.15) is 13.2 Å². The standard InChI is InChI=1S/C17H12ClF3N2O4S2/c18-14-9-15(22)13(17(19,20)21)8-16(14)29(26,27)23-28(24,25)12-6-5-10-3-1-2-4-11(10)7-12/h1-9,23H,22H2. The van der Waals surface area contributed by atoms with Crippen molar-refractivity contribution < 1.29 is 30.0 Å². The van der Waals surface area contributed by atoms with E-state index in [9.17, 15) is 30.0 Å². The van der Waals surface area contributed by atoms with Crippen molar-refractivity contribution in [3.63, 3.8) is 0 Å². The first-order chi connectivity index (χ1) is 13.3. The van der Waals surface area contributed by atoms with Crippen LogP contribution in [0.1, 0.15) is 5.56 Å². The molecule has 0 aromatic heterocycles. The fourth-order valence-electron chi connectivity index (χ4n) is 2.59. The fourth-order valence-corrected chi connectivity index (χ4v) is 6.09. The molecular weight excluding hydrogens is 453 g/mol. The molecule has 0 amide bonds. The summed E-state index contributed by atoms with van der Waals surface area (Å²) in [5, 5.41) is 0.583. The Morgan fingerprint density at radius 3 is 2.10 bits per heavy atom. The zero-order valence-corrected chi connectivity index (χ0v) is 16.6. The lowest BCUT2D eigenvalue weighted by Gasteiger charge is -2.14. The number of halogens is 4. The number of nitrogen functional groups attached to an aromatic ring is 1. The Morgan fingerprint density at radius 2 is 1.48 bits per heavy atom. The lowest BCUT2D eigenvalue weighted by atomic mass is 10.1. The minimum atomic E-state index is -4.98. The summed E-state index contributed by atoms with van der Waals surface area (Å²) in [6.07, 6.45) is -4.96. The topological polar surface area (TPSA) is 106 Å². The number of alkyl halides is 3. The second-order valence-corrected chi connectivity index (χ2v) is 9.97. The first-order valence-electron chi connectivity index (χ1n) is 7.75. The van der Waals surface area contributed by atoms with Crippen molar-refractivity contribution in [2.45, 2.75) is 16.0 Å². The van der Waals surface area contributed by atoms with Gasteiger partial charge in [0.1, 0.15) is 4.90 Å². The Labute approximate surface area is 169 Å². The highest BCUT2D eigenvalue weighted by Crippen LogP contribution is 2.38. The maximum Gasteiger partial charge on any atom is 0.418 e. The van der Waals surface area contributed by atoms with Gasteiger partial charge in [-0.05, 0) is 35.0 Å². The first-order valence-corrected chi connectivity index (χ1v) is 11.1. The molecular formula is C17H12ClF3N2O4S2. The molecule has 0 heterocycles. The third-order valence-corrected chi connectivity index (χ3v) is 7.92. The van der Waals surface area contributed by atoms with Gasteiger partial charge in [0, 0.05) is 5.69 Å². The highest BCUT2D eigenvalue weighted by Gasteiger charge is 2.36. The molecule has 0 spiro atoms. The van der Waals surface area contributed by atoms with E-state index in [-0.39, 0.29) is 11.0 Å². The van der Waals surface area contributed by atoms with Gasteiger partial charge < -0.3 is 5.73 Å². The molecule has 0 radical (unpaired) electrons. The fraction of sp³-hybridized carbons (Fsp3) is 0.0588. The summed E-state index contributed by atoms with van der Waals surface area (Å²) in [4.78, 5) is -1.45. The monoisotopic (exact) mass is 464 g/mol. The summed E-state index contributed by atoms with van der Waals surface area (Å²) in [6, 6.07) is 11.4. The molecule has 0 fully saturated rings. The molecule has 12 heteroatoms. The number of nitrogens with two attached hydrogens (primary N) is 1. The van der Waals surface area contributed by atoms with Crippen LogP contribution in [-0.4, -0.2) is 16.8 Å². The SMILES string of the molecule is Nc1cc(Cl)c(S(=O)(=O)NS(=O)(=O)c2ccc3ccccc3c2)cc1C(F)(F)F. The summed E-state index contributed by atoms with van der Waals surface area (Å²) in [5.74, 6) is 0. The summed E-state index contributed by atoms with van der Waals surface area (Å²) < 4.78 is 90.7. The smallest absolute Gasteiger partial charge is 0.398 e. The second-order valence-electron chi connectivity index (χ2n) is 5.97. The van der Waals surface area contributed by atoms with Gasteiger partial charge in [-0.15, -0.1) is 4.13 Å². The van der Waals surface area contributed by atoms with E-state index >= 15 is 0 Å². The Balaban J connectivity index is 2.06. The van der Waals surface area contributed by atoms with E-state index in [1.807, 2.05) is 0 Å². The molecule has 3 aromatic rings. The average Bonchev–Trinajstić information content (AvgIpc) is 2.59. The van der Waals surface area contributed by atoms with Gasteiger partial charge in [0.05, 0.1) is 15.5 Å². The molecule has 0 aliphatic heterocycles. The Bertz CT molecular complexity index is 1320. The number of nitrogens with one attached hydrogen (secondary N) is 1. The summed E-state index contributed by atoms with van der Waals surface area (Å²) in [6.45, 7) is 0. The van der Waals surface area contributed by atoms with Crippen molar-refractivity contribution in [1.29, 1.82) is 0 Å². The van der Waals surface area contributed by atoms with Gasteiger partial charge >= 0.3 is 6.18 Å². The van der Waals surface area contributed by atoms with Crippen molar-refractivity contribution in [3.05, 3.63) is 65.2 Å². The van der Waals surface area contributed by atoms with E-state index in [2.05, 4.69) is 0 Å². The normalized spacial score (nSPS) is 13.0. The lowest BCUT2D eigenvalue weighted by molar-refractivity contribution is -0.137. The van der Waals surface area contributed by atoms with Crippen molar-refractivity contribution in [1.82, 2.24) is 4.13 Å². The van der Waals surface area contributed by atoms with Crippen molar-refractivity contribution in [2.75, 3.05) is 5.73 Å². The zero-order valence-electron chi connectivity index (χ0n) is 14.2. The number of sulfonamides is 2. The van der Waals surface area contributed by atoms with Crippen LogP contribution in [0.15, 0.2) is 64.4 Å². The second kappa shape index (κ2) is 7.17. The van der Waals surface area contributed by atoms with Crippen LogP contribution < -0.4 is 9.86 Å². The van der Waals surface area contributed by atoms with Crippen LogP contribution in [0.3, 0.4) is 0 Å². The van der Waals surface area contributed by atoms with Crippen LogP contribution in [0.25, 0.3) is 10.8 Å². The number of rotatable bonds is 4. The van der Waals surface area contributed by atoms with Crippen LogP contribution in [0.5, 0.6) is 0 Å². The third-order valence-electron chi connectivity index (χ3n) is 3.95. The van der Waals surface area contributed by atoms with E-state index < -0.39 is 47.4 Å². The predicted molar refractivity (Wildman–Crippen MR) is 102 cm³/mol. The molecule has 0 unspecified atom stereocenters. The van der Waals surface area contributed by atoms with Crippen LogP contribution in [-0.2, 0) is 26.2 Å². The van der Waals surface area contributed by atoms with Gasteiger partial charge in [0.2, 0.25) is 0 Å². The van der Waals surface area contributed by atoms with Gasteiger partial charge in [-0.3, -0.25) is 0 Å². The highest BCUT2D eigenvalue weighted by molar-refractivity contribution is 8.04. The highest BCUT2D eigenvalue weighted by atomic mass is 35.5. The van der Waals surface area contributed by atoms with Crippen molar-refractivity contribution in [3.8, 4) is 0 Å². The Morgan fingerprint density at radius 1 is 0.862 bits per heavy atom. The zero-order chi connectivity index (χ0) is 21.6. The molecule has 0 bridgehead atoms. The van der Waals surface area contributed by atoms with Gasteiger partial charge in [-0.1, -0.05) is 41.9 Å². The van der Waals surface area contributed by atoms with Crippen LogP contribution in [0, 0.1) is 0 Å². The molecule has 0 aliphatic rings. The molecule has 3 N–H and O–H groups in total. The third kappa shape index (κ3) is 4.32. The van der Waals surface area contributed by atoms with E-state index in [0.717, 1.165) is 0 Å². The number of benzene rings is 3. The summed E-state index contributed by atoms with van der Waals surface area (Å²) in [7, 11) is -9.62. The van der Waals surface area contributed by atoms with Gasteiger partial charge in [-0.25, -0.2) is 16.8 Å². The van der Waals surface area contributed by atoms with E-state index in [0.29, 0.717) is 16.8 Å². The van der Waals surface area contributed by atoms with Crippen LogP contribution in [0.4, 0.5) is 18.9 Å². The van der Waals surface area contributed by atoms with Crippen molar-refractivity contribution >= 4 is 48.1 Å². The Hall–Kier alpha value is -2.34.